The second-order valence-corrected chi connectivity index (χ2v) is 4.73. The molecule has 0 spiro atoms. The smallest absolute Gasteiger partial charge is 0.174 e. The molecule has 2 aromatic carbocycles. The number of hydrogen-bond acceptors (Lipinski definition) is 3. The summed E-state index contributed by atoms with van der Waals surface area (Å²) in [5, 5.41) is 13.1. The summed E-state index contributed by atoms with van der Waals surface area (Å²) in [6.07, 6.45) is 1.94. The predicted molar refractivity (Wildman–Crippen MR) is 83.2 cm³/mol. The predicted octanol–water partition coefficient (Wildman–Crippen LogP) is 3.68. The first-order chi connectivity index (χ1) is 10.3. The van der Waals surface area contributed by atoms with Crippen molar-refractivity contribution < 1.29 is 4.74 Å². The quantitative estimate of drug-likeness (QED) is 0.747. The normalized spacial score (nSPS) is 10.2. The third-order valence-corrected chi connectivity index (χ3v) is 3.25. The van der Waals surface area contributed by atoms with Gasteiger partial charge in [0.05, 0.1) is 0 Å². The molecule has 0 atom stereocenters. The monoisotopic (exact) mass is 277 g/mol. The molecule has 0 fully saturated rings. The Morgan fingerprint density at radius 1 is 1.14 bits per heavy atom. The van der Waals surface area contributed by atoms with Gasteiger partial charge < -0.3 is 15.0 Å². The number of hydrogen-bond donors (Lipinski definition) is 2. The maximum Gasteiger partial charge on any atom is 0.174 e. The van der Waals surface area contributed by atoms with Gasteiger partial charge in [0.25, 0.3) is 0 Å². The van der Waals surface area contributed by atoms with Crippen LogP contribution in [0, 0.1) is 11.3 Å². The first-order valence-electron chi connectivity index (χ1n) is 6.75. The van der Waals surface area contributed by atoms with Gasteiger partial charge in [-0.05, 0) is 35.2 Å². The van der Waals surface area contributed by atoms with Crippen LogP contribution in [0.1, 0.15) is 5.56 Å². The van der Waals surface area contributed by atoms with Crippen molar-refractivity contribution in [2.45, 2.75) is 6.54 Å². The van der Waals surface area contributed by atoms with E-state index >= 15 is 0 Å². The number of fused-ring (bicyclic) bond motifs is 1. The molecule has 0 aliphatic rings. The number of aromatic amines is 1. The zero-order valence-corrected chi connectivity index (χ0v) is 11.5. The number of nitrogens with one attached hydrogen (secondary N) is 2. The molecule has 0 bridgehead atoms. The van der Waals surface area contributed by atoms with E-state index in [9.17, 15) is 0 Å². The zero-order chi connectivity index (χ0) is 14.5. The summed E-state index contributed by atoms with van der Waals surface area (Å²) < 4.78 is 5.29. The molecular formula is C17H15N3O. The van der Waals surface area contributed by atoms with E-state index in [4.69, 9.17) is 10.00 Å². The lowest BCUT2D eigenvalue weighted by molar-refractivity contribution is 0.368. The maximum atomic E-state index is 8.52. The summed E-state index contributed by atoms with van der Waals surface area (Å²) in [6.45, 7) is 0.795. The van der Waals surface area contributed by atoms with Crippen molar-refractivity contribution in [3.05, 3.63) is 60.3 Å². The lowest BCUT2D eigenvalue weighted by atomic mass is 10.1. The first kappa shape index (κ1) is 13.1. The average molecular weight is 277 g/mol. The Bertz CT molecular complexity index is 786. The van der Waals surface area contributed by atoms with Gasteiger partial charge in [0, 0.05) is 30.0 Å². The van der Waals surface area contributed by atoms with Gasteiger partial charge >= 0.3 is 0 Å². The fraction of sp³-hybridized carbons (Fsp3) is 0.118. The van der Waals surface area contributed by atoms with E-state index in [0.29, 0.717) is 5.75 Å². The number of benzene rings is 2. The minimum Gasteiger partial charge on any atom is -0.479 e. The van der Waals surface area contributed by atoms with Gasteiger partial charge in [0.1, 0.15) is 11.8 Å². The van der Waals surface area contributed by atoms with Crippen molar-refractivity contribution in [2.75, 3.05) is 11.9 Å². The molecule has 0 aliphatic heterocycles. The number of H-pyrrole nitrogens is 1. The van der Waals surface area contributed by atoms with Crippen molar-refractivity contribution >= 4 is 16.6 Å². The SMILES string of the molecule is N#CCOc1cccc(NCc2ccc3cc[nH]c3c2)c1. The Morgan fingerprint density at radius 2 is 2.10 bits per heavy atom. The molecule has 0 saturated heterocycles. The Morgan fingerprint density at radius 3 is 3.00 bits per heavy atom. The van der Waals surface area contributed by atoms with Crippen molar-refractivity contribution in [3.63, 3.8) is 0 Å². The highest BCUT2D eigenvalue weighted by Gasteiger charge is 1.99. The molecular weight excluding hydrogens is 262 g/mol. The lowest BCUT2D eigenvalue weighted by Gasteiger charge is -2.08. The third kappa shape index (κ3) is 3.15. The summed E-state index contributed by atoms with van der Waals surface area (Å²) in [5.41, 5.74) is 3.31. The van der Waals surface area contributed by atoms with E-state index in [2.05, 4.69) is 34.6 Å². The van der Waals surface area contributed by atoms with Crippen LogP contribution in [0.25, 0.3) is 10.9 Å². The molecule has 3 aromatic rings. The number of ether oxygens (including phenoxy) is 1. The molecule has 104 valence electrons. The highest BCUT2D eigenvalue weighted by Crippen LogP contribution is 2.19. The van der Waals surface area contributed by atoms with Crippen molar-refractivity contribution in [2.24, 2.45) is 0 Å². The van der Waals surface area contributed by atoms with Crippen LogP contribution in [0.4, 0.5) is 5.69 Å². The lowest BCUT2D eigenvalue weighted by Crippen LogP contribution is -2.00. The van der Waals surface area contributed by atoms with E-state index in [-0.39, 0.29) is 6.61 Å². The van der Waals surface area contributed by atoms with Crippen LogP contribution < -0.4 is 10.1 Å². The van der Waals surface area contributed by atoms with Gasteiger partial charge in [-0.25, -0.2) is 0 Å². The summed E-state index contributed by atoms with van der Waals surface area (Å²) >= 11 is 0. The number of nitrogens with zero attached hydrogens (tertiary/aromatic N) is 1. The fourth-order valence-corrected chi connectivity index (χ4v) is 2.22. The minimum absolute atomic E-state index is 0.0624. The molecule has 0 unspecified atom stereocenters. The van der Waals surface area contributed by atoms with Crippen LogP contribution in [-0.2, 0) is 6.54 Å². The second kappa shape index (κ2) is 6.02. The van der Waals surface area contributed by atoms with Gasteiger partial charge in [0.2, 0.25) is 0 Å². The van der Waals surface area contributed by atoms with Crippen molar-refractivity contribution in [1.82, 2.24) is 4.98 Å². The van der Waals surface area contributed by atoms with Gasteiger partial charge in [-0.2, -0.15) is 5.26 Å². The van der Waals surface area contributed by atoms with Crippen molar-refractivity contribution in [3.8, 4) is 11.8 Å². The molecule has 21 heavy (non-hydrogen) atoms. The molecule has 4 heteroatoms. The van der Waals surface area contributed by atoms with Crippen LogP contribution in [0.5, 0.6) is 5.75 Å². The molecule has 0 radical (unpaired) electrons. The van der Waals surface area contributed by atoms with E-state index in [1.807, 2.05) is 36.5 Å². The van der Waals surface area contributed by atoms with Crippen LogP contribution >= 0.6 is 0 Å². The van der Waals surface area contributed by atoms with E-state index in [0.717, 1.165) is 17.7 Å². The summed E-state index contributed by atoms with van der Waals surface area (Å²) in [7, 11) is 0. The standard InChI is InChI=1S/C17H15N3O/c18-7-9-21-16-3-1-2-15(11-16)20-12-13-4-5-14-6-8-19-17(14)10-13/h1-6,8,10-11,19-20H,9,12H2. The molecule has 0 aliphatic carbocycles. The largest absolute Gasteiger partial charge is 0.479 e. The molecule has 3 rings (SSSR count). The Kier molecular flexibility index (Phi) is 3.74. The number of rotatable bonds is 5. The van der Waals surface area contributed by atoms with Crippen LogP contribution in [0.3, 0.4) is 0 Å². The van der Waals surface area contributed by atoms with E-state index in [1.165, 1.54) is 10.9 Å². The number of anilines is 1. The Balaban J connectivity index is 1.67. The number of aromatic nitrogens is 1. The molecule has 0 saturated carbocycles. The van der Waals surface area contributed by atoms with E-state index < -0.39 is 0 Å². The van der Waals surface area contributed by atoms with Gasteiger partial charge in [-0.3, -0.25) is 0 Å². The number of nitriles is 1. The molecule has 0 amide bonds. The van der Waals surface area contributed by atoms with E-state index in [1.54, 1.807) is 0 Å². The Labute approximate surface area is 123 Å². The molecule has 1 heterocycles. The zero-order valence-electron chi connectivity index (χ0n) is 11.5. The van der Waals surface area contributed by atoms with Crippen LogP contribution in [0.2, 0.25) is 0 Å². The van der Waals surface area contributed by atoms with Crippen LogP contribution in [0.15, 0.2) is 54.7 Å². The molecule has 1 aromatic heterocycles. The minimum atomic E-state index is 0.0624. The second-order valence-electron chi connectivity index (χ2n) is 4.73. The average Bonchev–Trinajstić information content (AvgIpc) is 2.99. The summed E-state index contributed by atoms with van der Waals surface area (Å²) in [4.78, 5) is 3.21. The van der Waals surface area contributed by atoms with Gasteiger partial charge in [0.15, 0.2) is 6.61 Å². The highest BCUT2D eigenvalue weighted by molar-refractivity contribution is 5.79. The van der Waals surface area contributed by atoms with Crippen molar-refractivity contribution in [1.29, 1.82) is 5.26 Å². The fourth-order valence-electron chi connectivity index (χ4n) is 2.22. The first-order valence-corrected chi connectivity index (χ1v) is 6.75. The molecule has 2 N–H and O–H groups in total. The topological polar surface area (TPSA) is 60.8 Å². The summed E-state index contributed by atoms with van der Waals surface area (Å²) in [5.74, 6) is 0.696. The van der Waals surface area contributed by atoms with Gasteiger partial charge in [-0.15, -0.1) is 0 Å². The highest BCUT2D eigenvalue weighted by atomic mass is 16.5. The van der Waals surface area contributed by atoms with Crippen LogP contribution in [-0.4, -0.2) is 11.6 Å². The Hall–Kier alpha value is -2.93. The molecule has 4 nitrogen and oxygen atoms in total. The van der Waals surface area contributed by atoms with Gasteiger partial charge in [-0.1, -0.05) is 18.2 Å². The summed E-state index contributed by atoms with van der Waals surface area (Å²) in [6, 6.07) is 18.0. The maximum absolute atomic E-state index is 8.52. The third-order valence-electron chi connectivity index (χ3n) is 3.25.